The Kier molecular flexibility index (Phi) is 6.03. The maximum absolute atomic E-state index is 12.8. The summed E-state index contributed by atoms with van der Waals surface area (Å²) in [4.78, 5) is 29.6. The van der Waals surface area contributed by atoms with Crippen molar-refractivity contribution >= 4 is 22.7 Å². The number of aromatic nitrogens is 1. The summed E-state index contributed by atoms with van der Waals surface area (Å²) in [6, 6.07) is 26.3. The van der Waals surface area contributed by atoms with Gasteiger partial charge in [-0.2, -0.15) is 0 Å². The van der Waals surface area contributed by atoms with Gasteiger partial charge in [-0.3, -0.25) is 14.6 Å². The molecule has 4 rings (SSSR count). The zero-order valence-electron chi connectivity index (χ0n) is 17.2. The Morgan fingerprint density at radius 3 is 2.35 bits per heavy atom. The molecule has 0 saturated heterocycles. The van der Waals surface area contributed by atoms with Crippen molar-refractivity contribution in [2.24, 2.45) is 0 Å². The Balaban J connectivity index is 1.53. The molecule has 0 bridgehead atoms. The fraction of sp³-hybridized carbons (Fsp3) is 0.115. The van der Waals surface area contributed by atoms with Crippen molar-refractivity contribution in [1.29, 1.82) is 0 Å². The number of pyridine rings is 1. The molecule has 2 amide bonds. The fourth-order valence-corrected chi connectivity index (χ4v) is 3.61. The minimum atomic E-state index is -0.651. The second-order valence-electron chi connectivity index (χ2n) is 7.29. The van der Waals surface area contributed by atoms with Crippen molar-refractivity contribution in [3.05, 3.63) is 102 Å². The Morgan fingerprint density at radius 2 is 1.61 bits per heavy atom. The SMILES string of the molecule is CNC(=O)C(Cc1ccccc1)NC(=O)c1ccc(-c2cccc3cccnc23)cc1. The second kappa shape index (κ2) is 9.22. The van der Waals surface area contributed by atoms with Crippen molar-refractivity contribution in [3.8, 4) is 11.1 Å². The van der Waals surface area contributed by atoms with Gasteiger partial charge in [0.15, 0.2) is 0 Å². The van der Waals surface area contributed by atoms with E-state index in [0.717, 1.165) is 27.6 Å². The zero-order valence-corrected chi connectivity index (χ0v) is 17.2. The molecule has 4 aromatic rings. The van der Waals surface area contributed by atoms with Crippen LogP contribution in [0.1, 0.15) is 15.9 Å². The van der Waals surface area contributed by atoms with E-state index in [-0.39, 0.29) is 11.8 Å². The van der Waals surface area contributed by atoms with Crippen molar-refractivity contribution in [1.82, 2.24) is 15.6 Å². The topological polar surface area (TPSA) is 71.1 Å². The van der Waals surface area contributed by atoms with E-state index >= 15 is 0 Å². The number of carbonyl (C=O) groups excluding carboxylic acids is 2. The summed E-state index contributed by atoms with van der Waals surface area (Å²) in [6.07, 6.45) is 2.20. The van der Waals surface area contributed by atoms with E-state index in [1.165, 1.54) is 0 Å². The third-order valence-corrected chi connectivity index (χ3v) is 5.24. The summed E-state index contributed by atoms with van der Waals surface area (Å²) in [6.45, 7) is 0. The number of nitrogens with one attached hydrogen (secondary N) is 2. The van der Waals surface area contributed by atoms with E-state index in [4.69, 9.17) is 0 Å². The van der Waals surface area contributed by atoms with Crippen LogP contribution in [0.25, 0.3) is 22.0 Å². The molecular formula is C26H23N3O2. The summed E-state index contributed by atoms with van der Waals surface area (Å²) < 4.78 is 0. The van der Waals surface area contributed by atoms with E-state index < -0.39 is 6.04 Å². The molecule has 0 aliphatic carbocycles. The minimum absolute atomic E-state index is 0.226. The van der Waals surface area contributed by atoms with Crippen LogP contribution in [-0.2, 0) is 11.2 Å². The maximum Gasteiger partial charge on any atom is 0.251 e. The number of carbonyl (C=O) groups is 2. The maximum atomic E-state index is 12.8. The quantitative estimate of drug-likeness (QED) is 0.506. The van der Waals surface area contributed by atoms with Crippen molar-refractivity contribution in [3.63, 3.8) is 0 Å². The summed E-state index contributed by atoms with van der Waals surface area (Å²) in [7, 11) is 1.57. The number of rotatable bonds is 6. The molecule has 0 radical (unpaired) electrons. The van der Waals surface area contributed by atoms with E-state index in [0.29, 0.717) is 12.0 Å². The molecule has 154 valence electrons. The zero-order chi connectivity index (χ0) is 21.6. The van der Waals surface area contributed by atoms with E-state index in [1.54, 1.807) is 25.4 Å². The highest BCUT2D eigenvalue weighted by Gasteiger charge is 2.21. The Labute approximate surface area is 181 Å². The first kappa shape index (κ1) is 20.3. The highest BCUT2D eigenvalue weighted by Crippen LogP contribution is 2.27. The van der Waals surface area contributed by atoms with Crippen molar-refractivity contribution in [2.45, 2.75) is 12.5 Å². The number of nitrogens with zero attached hydrogens (tertiary/aromatic N) is 1. The van der Waals surface area contributed by atoms with Gasteiger partial charge >= 0.3 is 0 Å². The van der Waals surface area contributed by atoms with Gasteiger partial charge in [0.1, 0.15) is 6.04 Å². The molecule has 3 aromatic carbocycles. The molecule has 0 aliphatic rings. The molecule has 1 heterocycles. The van der Waals surface area contributed by atoms with Crippen LogP contribution >= 0.6 is 0 Å². The van der Waals surface area contributed by atoms with Gasteiger partial charge < -0.3 is 10.6 Å². The van der Waals surface area contributed by atoms with Gasteiger partial charge in [0.2, 0.25) is 5.91 Å². The van der Waals surface area contributed by atoms with E-state index in [2.05, 4.69) is 15.6 Å². The average Bonchev–Trinajstić information content (AvgIpc) is 2.83. The van der Waals surface area contributed by atoms with Crippen LogP contribution < -0.4 is 10.6 Å². The second-order valence-corrected chi connectivity index (χ2v) is 7.29. The number of likely N-dealkylation sites (N-methyl/N-ethyl adjacent to an activating group) is 1. The summed E-state index contributed by atoms with van der Waals surface area (Å²) in [5, 5.41) is 6.55. The number of para-hydroxylation sites is 1. The highest BCUT2D eigenvalue weighted by atomic mass is 16.2. The normalized spacial score (nSPS) is 11.6. The summed E-state index contributed by atoms with van der Waals surface area (Å²) >= 11 is 0. The van der Waals surface area contributed by atoms with Gasteiger partial charge in [0.05, 0.1) is 5.52 Å². The molecule has 2 N–H and O–H groups in total. The number of benzene rings is 3. The largest absolute Gasteiger partial charge is 0.357 e. The minimum Gasteiger partial charge on any atom is -0.357 e. The molecule has 0 fully saturated rings. The highest BCUT2D eigenvalue weighted by molar-refractivity contribution is 5.99. The molecule has 1 aromatic heterocycles. The standard InChI is InChI=1S/C26H23N3O2/c1-27-26(31)23(17-18-7-3-2-4-8-18)29-25(30)21-14-12-19(13-15-21)22-11-5-9-20-10-6-16-28-24(20)22/h2-16,23H,17H2,1H3,(H,27,31)(H,29,30). The fourth-order valence-electron chi connectivity index (χ4n) is 3.61. The van der Waals surface area contributed by atoms with E-state index in [9.17, 15) is 9.59 Å². The van der Waals surface area contributed by atoms with Gasteiger partial charge in [-0.15, -0.1) is 0 Å². The first-order valence-corrected chi connectivity index (χ1v) is 10.2. The van der Waals surface area contributed by atoms with Crippen LogP contribution in [0.4, 0.5) is 0 Å². The van der Waals surface area contributed by atoms with Gasteiger partial charge in [-0.05, 0) is 29.3 Å². The van der Waals surface area contributed by atoms with Crippen molar-refractivity contribution < 1.29 is 9.59 Å². The van der Waals surface area contributed by atoms with Crippen LogP contribution in [0, 0.1) is 0 Å². The molecule has 0 saturated carbocycles. The first-order chi connectivity index (χ1) is 15.2. The monoisotopic (exact) mass is 409 g/mol. The summed E-state index contributed by atoms with van der Waals surface area (Å²) in [5.41, 5.74) is 4.39. The number of hydrogen-bond acceptors (Lipinski definition) is 3. The van der Waals surface area contributed by atoms with Crippen LogP contribution in [0.5, 0.6) is 0 Å². The third kappa shape index (κ3) is 4.61. The number of fused-ring (bicyclic) bond motifs is 1. The Bertz CT molecular complexity index is 1200. The predicted octanol–water partition coefficient (Wildman–Crippen LogP) is 3.99. The van der Waals surface area contributed by atoms with Gasteiger partial charge in [-0.25, -0.2) is 0 Å². The number of amides is 2. The van der Waals surface area contributed by atoms with Crippen molar-refractivity contribution in [2.75, 3.05) is 7.05 Å². The van der Waals surface area contributed by atoms with Crippen LogP contribution in [0.2, 0.25) is 0 Å². The van der Waals surface area contributed by atoms with Crippen LogP contribution in [0.15, 0.2) is 91.1 Å². The molecule has 31 heavy (non-hydrogen) atoms. The lowest BCUT2D eigenvalue weighted by Gasteiger charge is -2.17. The molecule has 5 heteroatoms. The van der Waals surface area contributed by atoms with E-state index in [1.807, 2.05) is 72.8 Å². The molecule has 1 atom stereocenters. The summed E-state index contributed by atoms with van der Waals surface area (Å²) in [5.74, 6) is -0.511. The van der Waals surface area contributed by atoms with Gasteiger partial charge in [-0.1, -0.05) is 66.7 Å². The lowest BCUT2D eigenvalue weighted by molar-refractivity contribution is -0.122. The Morgan fingerprint density at radius 1 is 0.871 bits per heavy atom. The predicted molar refractivity (Wildman–Crippen MR) is 123 cm³/mol. The average molecular weight is 409 g/mol. The molecule has 1 unspecified atom stereocenters. The molecule has 0 aliphatic heterocycles. The van der Waals surface area contributed by atoms with Gasteiger partial charge in [0.25, 0.3) is 5.91 Å². The smallest absolute Gasteiger partial charge is 0.251 e. The first-order valence-electron chi connectivity index (χ1n) is 10.2. The molecular weight excluding hydrogens is 386 g/mol. The van der Waals surface area contributed by atoms with Gasteiger partial charge in [0, 0.05) is 36.2 Å². The van der Waals surface area contributed by atoms with Crippen LogP contribution in [0.3, 0.4) is 0 Å². The third-order valence-electron chi connectivity index (χ3n) is 5.24. The Hall–Kier alpha value is -3.99. The van der Waals surface area contributed by atoms with Crippen LogP contribution in [-0.4, -0.2) is 29.9 Å². The molecule has 0 spiro atoms. The lowest BCUT2D eigenvalue weighted by atomic mass is 10.0. The lowest BCUT2D eigenvalue weighted by Crippen LogP contribution is -2.47. The molecule has 5 nitrogen and oxygen atoms in total. The number of hydrogen-bond donors (Lipinski definition) is 2.